The van der Waals surface area contributed by atoms with Gasteiger partial charge >= 0.3 is 0 Å². The second-order valence-corrected chi connectivity index (χ2v) is 4.73. The van der Waals surface area contributed by atoms with E-state index in [0.29, 0.717) is 12.1 Å². The van der Waals surface area contributed by atoms with Crippen molar-refractivity contribution in [3.63, 3.8) is 0 Å². The SMILES string of the molecule is CC1CNCCCN1C(C)c1ccccc1. The van der Waals surface area contributed by atoms with Crippen molar-refractivity contribution in [3.05, 3.63) is 35.9 Å². The molecule has 0 bridgehead atoms. The van der Waals surface area contributed by atoms with E-state index in [1.807, 2.05) is 0 Å². The third kappa shape index (κ3) is 2.63. The molecule has 2 rings (SSSR count). The van der Waals surface area contributed by atoms with Crippen LogP contribution in [-0.4, -0.2) is 30.6 Å². The fourth-order valence-corrected chi connectivity index (χ4v) is 2.53. The number of benzene rings is 1. The highest BCUT2D eigenvalue weighted by Crippen LogP contribution is 2.23. The summed E-state index contributed by atoms with van der Waals surface area (Å²) < 4.78 is 0. The summed E-state index contributed by atoms with van der Waals surface area (Å²) in [5.74, 6) is 0. The van der Waals surface area contributed by atoms with Crippen LogP contribution >= 0.6 is 0 Å². The first kappa shape index (κ1) is 11.6. The summed E-state index contributed by atoms with van der Waals surface area (Å²) in [4.78, 5) is 2.61. The van der Waals surface area contributed by atoms with Crippen LogP contribution in [0, 0.1) is 0 Å². The average molecular weight is 218 g/mol. The number of hydrogen-bond acceptors (Lipinski definition) is 2. The Labute approximate surface area is 98.7 Å². The van der Waals surface area contributed by atoms with E-state index in [2.05, 4.69) is 54.4 Å². The van der Waals surface area contributed by atoms with Crippen molar-refractivity contribution in [2.24, 2.45) is 0 Å². The molecule has 2 nitrogen and oxygen atoms in total. The number of nitrogens with zero attached hydrogens (tertiary/aromatic N) is 1. The molecule has 1 aliphatic rings. The van der Waals surface area contributed by atoms with E-state index in [0.717, 1.165) is 13.1 Å². The van der Waals surface area contributed by atoms with Crippen LogP contribution in [0.5, 0.6) is 0 Å². The summed E-state index contributed by atoms with van der Waals surface area (Å²) in [6.45, 7) is 8.10. The smallest absolute Gasteiger partial charge is 0.0323 e. The fourth-order valence-electron chi connectivity index (χ4n) is 2.53. The van der Waals surface area contributed by atoms with Crippen molar-refractivity contribution in [1.29, 1.82) is 0 Å². The predicted molar refractivity (Wildman–Crippen MR) is 68.5 cm³/mol. The molecule has 0 amide bonds. The molecule has 1 fully saturated rings. The van der Waals surface area contributed by atoms with Crippen molar-refractivity contribution in [1.82, 2.24) is 10.2 Å². The van der Waals surface area contributed by atoms with Crippen LogP contribution in [-0.2, 0) is 0 Å². The molecule has 0 aromatic heterocycles. The zero-order chi connectivity index (χ0) is 11.4. The Kier molecular flexibility index (Phi) is 3.97. The second-order valence-electron chi connectivity index (χ2n) is 4.73. The van der Waals surface area contributed by atoms with Crippen molar-refractivity contribution in [3.8, 4) is 0 Å². The van der Waals surface area contributed by atoms with Gasteiger partial charge in [-0.05, 0) is 32.4 Å². The number of hydrogen-bond donors (Lipinski definition) is 1. The van der Waals surface area contributed by atoms with E-state index in [4.69, 9.17) is 0 Å². The molecule has 1 aliphatic heterocycles. The van der Waals surface area contributed by atoms with Crippen LogP contribution < -0.4 is 5.32 Å². The molecule has 0 saturated carbocycles. The summed E-state index contributed by atoms with van der Waals surface area (Å²) in [6, 6.07) is 12.0. The minimum Gasteiger partial charge on any atom is -0.315 e. The van der Waals surface area contributed by atoms with E-state index in [9.17, 15) is 0 Å². The summed E-state index contributed by atoms with van der Waals surface area (Å²) in [7, 11) is 0. The van der Waals surface area contributed by atoms with E-state index < -0.39 is 0 Å². The van der Waals surface area contributed by atoms with E-state index >= 15 is 0 Å². The molecule has 88 valence electrons. The zero-order valence-electron chi connectivity index (χ0n) is 10.3. The standard InChI is InChI=1S/C14H22N2/c1-12-11-15-9-6-10-16(12)13(2)14-7-4-3-5-8-14/h3-5,7-8,12-13,15H,6,9-11H2,1-2H3. The minimum absolute atomic E-state index is 0.524. The maximum atomic E-state index is 3.49. The number of nitrogens with one attached hydrogen (secondary N) is 1. The Bertz CT molecular complexity index is 310. The molecular formula is C14H22N2. The van der Waals surface area contributed by atoms with Gasteiger partial charge in [-0.25, -0.2) is 0 Å². The van der Waals surface area contributed by atoms with Crippen molar-refractivity contribution < 1.29 is 0 Å². The van der Waals surface area contributed by atoms with E-state index in [-0.39, 0.29) is 0 Å². The van der Waals surface area contributed by atoms with Gasteiger partial charge in [0.25, 0.3) is 0 Å². The van der Waals surface area contributed by atoms with Gasteiger partial charge in [0.05, 0.1) is 0 Å². The third-order valence-electron chi connectivity index (χ3n) is 3.56. The molecule has 0 aliphatic carbocycles. The number of rotatable bonds is 2. The van der Waals surface area contributed by atoms with Crippen LogP contribution in [0.1, 0.15) is 31.9 Å². The van der Waals surface area contributed by atoms with Crippen molar-refractivity contribution in [2.75, 3.05) is 19.6 Å². The molecule has 2 unspecified atom stereocenters. The van der Waals surface area contributed by atoms with Gasteiger partial charge in [0.15, 0.2) is 0 Å². The quantitative estimate of drug-likeness (QED) is 0.820. The molecule has 0 radical (unpaired) electrons. The molecule has 1 N–H and O–H groups in total. The summed E-state index contributed by atoms with van der Waals surface area (Å²) in [5.41, 5.74) is 1.43. The monoisotopic (exact) mass is 218 g/mol. The summed E-state index contributed by atoms with van der Waals surface area (Å²) >= 11 is 0. The molecule has 1 aromatic rings. The van der Waals surface area contributed by atoms with Gasteiger partial charge in [-0.15, -0.1) is 0 Å². The molecule has 0 spiro atoms. The highest BCUT2D eigenvalue weighted by atomic mass is 15.2. The van der Waals surface area contributed by atoms with Crippen molar-refractivity contribution >= 4 is 0 Å². The fraction of sp³-hybridized carbons (Fsp3) is 0.571. The summed E-state index contributed by atoms with van der Waals surface area (Å²) in [6.07, 6.45) is 1.25. The Morgan fingerprint density at radius 1 is 1.31 bits per heavy atom. The van der Waals surface area contributed by atoms with Crippen LogP contribution in [0.4, 0.5) is 0 Å². The first-order chi connectivity index (χ1) is 7.79. The molecule has 2 atom stereocenters. The largest absolute Gasteiger partial charge is 0.315 e. The highest BCUT2D eigenvalue weighted by molar-refractivity contribution is 5.18. The molecule has 2 heteroatoms. The van der Waals surface area contributed by atoms with Crippen LogP contribution in [0.2, 0.25) is 0 Å². The minimum atomic E-state index is 0.524. The van der Waals surface area contributed by atoms with Gasteiger partial charge in [0.2, 0.25) is 0 Å². The van der Waals surface area contributed by atoms with Crippen molar-refractivity contribution in [2.45, 2.75) is 32.4 Å². The van der Waals surface area contributed by atoms with Crippen LogP contribution in [0.3, 0.4) is 0 Å². The van der Waals surface area contributed by atoms with Gasteiger partial charge in [-0.1, -0.05) is 30.3 Å². The molecule has 1 saturated heterocycles. The Hall–Kier alpha value is -0.860. The molecule has 1 heterocycles. The Balaban J connectivity index is 2.10. The summed E-state index contributed by atoms with van der Waals surface area (Å²) in [5, 5.41) is 3.49. The first-order valence-corrected chi connectivity index (χ1v) is 6.30. The van der Waals surface area contributed by atoms with E-state index in [1.165, 1.54) is 18.5 Å². The molecule has 16 heavy (non-hydrogen) atoms. The van der Waals surface area contributed by atoms with Gasteiger partial charge in [-0.2, -0.15) is 0 Å². The Morgan fingerprint density at radius 3 is 2.81 bits per heavy atom. The first-order valence-electron chi connectivity index (χ1n) is 6.30. The van der Waals surface area contributed by atoms with Crippen LogP contribution in [0.15, 0.2) is 30.3 Å². The van der Waals surface area contributed by atoms with Crippen LogP contribution in [0.25, 0.3) is 0 Å². The second kappa shape index (κ2) is 5.46. The lowest BCUT2D eigenvalue weighted by Gasteiger charge is -2.33. The van der Waals surface area contributed by atoms with Gasteiger partial charge in [-0.3, -0.25) is 4.90 Å². The zero-order valence-corrected chi connectivity index (χ0v) is 10.3. The lowest BCUT2D eigenvalue weighted by atomic mass is 10.1. The van der Waals surface area contributed by atoms with Gasteiger partial charge in [0, 0.05) is 25.2 Å². The Morgan fingerprint density at radius 2 is 2.06 bits per heavy atom. The highest BCUT2D eigenvalue weighted by Gasteiger charge is 2.22. The lowest BCUT2D eigenvalue weighted by molar-refractivity contribution is 0.165. The van der Waals surface area contributed by atoms with E-state index in [1.54, 1.807) is 0 Å². The average Bonchev–Trinajstić information content (AvgIpc) is 2.54. The molecule has 1 aromatic carbocycles. The maximum absolute atomic E-state index is 3.49. The molecular weight excluding hydrogens is 196 g/mol. The third-order valence-corrected chi connectivity index (χ3v) is 3.56. The topological polar surface area (TPSA) is 15.3 Å². The predicted octanol–water partition coefficient (Wildman–Crippen LogP) is 2.43. The van der Waals surface area contributed by atoms with Gasteiger partial charge < -0.3 is 5.32 Å². The normalized spacial score (nSPS) is 25.0. The maximum Gasteiger partial charge on any atom is 0.0323 e. The lowest BCUT2D eigenvalue weighted by Crippen LogP contribution is -2.39. The van der Waals surface area contributed by atoms with Gasteiger partial charge in [0.1, 0.15) is 0 Å².